The number of fused-ring (bicyclic) bond motifs is 2. The fourth-order valence-electron chi connectivity index (χ4n) is 5.03. The maximum atomic E-state index is 4.81. The van der Waals surface area contributed by atoms with Crippen LogP contribution in [-0.2, 0) is 56.2 Å². The van der Waals surface area contributed by atoms with E-state index >= 15 is 0 Å². The van der Waals surface area contributed by atoms with Gasteiger partial charge in [-0.1, -0.05) is 24.3 Å². The van der Waals surface area contributed by atoms with Gasteiger partial charge in [0.25, 0.3) is 11.6 Å². The number of para-hydroxylation sites is 4. The first-order valence-corrected chi connectivity index (χ1v) is 17.6. The Morgan fingerprint density at radius 2 is 1.02 bits per heavy atom. The van der Waals surface area contributed by atoms with E-state index in [1.54, 1.807) is 0 Å². The number of aromatic nitrogens is 8. The van der Waals surface area contributed by atoms with Crippen molar-refractivity contribution in [3.63, 3.8) is 0 Å². The van der Waals surface area contributed by atoms with Crippen molar-refractivity contribution in [1.82, 2.24) is 28.2 Å². The third-order valence-corrected chi connectivity index (χ3v) is 7.52. The number of hydrogen-bond acceptors (Lipinski definition) is 2. The van der Waals surface area contributed by atoms with Gasteiger partial charge in [-0.15, -0.1) is 0 Å². The van der Waals surface area contributed by atoms with Crippen LogP contribution in [0.5, 0.6) is 0 Å². The second-order valence-electron chi connectivity index (χ2n) is 9.74. The minimum absolute atomic E-state index is 0. The van der Waals surface area contributed by atoms with Gasteiger partial charge in [-0.05, 0) is 38.1 Å². The predicted molar refractivity (Wildman–Crippen MR) is 161 cm³/mol. The van der Waals surface area contributed by atoms with Crippen LogP contribution in [0.25, 0.3) is 22.1 Å². The van der Waals surface area contributed by atoms with Gasteiger partial charge in [-0.3, -0.25) is 0 Å². The SMILES string of the molecule is CCn1c(Cn2cc[n+](C)c2C)nc2ccccc21.CCn1c(Cn2cc[n+](C)c2C)nc2ccccc21.[Cl-].[Cl-].[Cl][Pd][Cl]. The number of imidazole rings is 4. The molecule has 2 aromatic carbocycles. The monoisotopic (exact) mass is 756 g/mol. The Bertz CT molecular complexity index is 1610. The van der Waals surface area contributed by atoms with Crippen LogP contribution in [-0.4, -0.2) is 28.2 Å². The van der Waals surface area contributed by atoms with Crippen LogP contribution in [0, 0.1) is 13.8 Å². The zero-order valence-electron chi connectivity index (χ0n) is 25.2. The molecule has 0 unspecified atom stereocenters. The number of rotatable bonds is 6. The van der Waals surface area contributed by atoms with Crippen LogP contribution in [0.3, 0.4) is 0 Å². The maximum absolute atomic E-state index is 4.81. The van der Waals surface area contributed by atoms with Gasteiger partial charge in [-0.2, -0.15) is 0 Å². The van der Waals surface area contributed by atoms with Gasteiger partial charge in [0.2, 0.25) is 0 Å². The molecule has 4 aromatic heterocycles. The van der Waals surface area contributed by atoms with E-state index in [0.717, 1.165) is 48.9 Å². The molecule has 0 amide bonds. The van der Waals surface area contributed by atoms with Gasteiger partial charge in [0.1, 0.15) is 37.9 Å². The van der Waals surface area contributed by atoms with Gasteiger partial charge in [0.05, 0.1) is 36.2 Å². The summed E-state index contributed by atoms with van der Waals surface area (Å²) in [6, 6.07) is 16.7. The first kappa shape index (κ1) is 36.8. The molecule has 6 rings (SSSR count). The molecule has 0 aliphatic heterocycles. The van der Waals surface area contributed by atoms with Gasteiger partial charge >= 0.3 is 35.0 Å². The fourth-order valence-corrected chi connectivity index (χ4v) is 5.03. The average Bonchev–Trinajstić information content (AvgIpc) is 3.70. The summed E-state index contributed by atoms with van der Waals surface area (Å²) >= 11 is -0.106. The molecule has 0 spiro atoms. The van der Waals surface area contributed by atoms with Crippen molar-refractivity contribution in [3.8, 4) is 0 Å². The van der Waals surface area contributed by atoms with E-state index in [1.165, 1.54) is 22.7 Å². The predicted octanol–water partition coefficient (Wildman–Crippen LogP) is -0.538. The van der Waals surface area contributed by atoms with Crippen LogP contribution in [0.2, 0.25) is 0 Å². The number of aryl methyl sites for hydroxylation is 4. The van der Waals surface area contributed by atoms with Gasteiger partial charge < -0.3 is 33.9 Å². The number of nitrogens with zero attached hydrogens (tertiary/aromatic N) is 8. The van der Waals surface area contributed by atoms with Crippen molar-refractivity contribution < 1.29 is 49.9 Å². The molecule has 0 saturated heterocycles. The van der Waals surface area contributed by atoms with Gasteiger partial charge in [-0.25, -0.2) is 28.2 Å². The molecular weight excluding hydrogens is 721 g/mol. The van der Waals surface area contributed by atoms with Crippen LogP contribution < -0.4 is 33.9 Å². The second kappa shape index (κ2) is 17.2. The third kappa shape index (κ3) is 8.42. The van der Waals surface area contributed by atoms with E-state index in [4.69, 9.17) is 29.0 Å². The molecule has 0 N–H and O–H groups in total. The molecule has 0 fully saturated rings. The number of benzene rings is 2. The molecule has 43 heavy (non-hydrogen) atoms. The van der Waals surface area contributed by atoms with E-state index in [0.29, 0.717) is 0 Å². The number of hydrogen-bond donors (Lipinski definition) is 0. The van der Waals surface area contributed by atoms with Crippen LogP contribution in [0.15, 0.2) is 73.3 Å². The van der Waals surface area contributed by atoms with Crippen molar-refractivity contribution in [2.45, 2.75) is 53.9 Å². The topological polar surface area (TPSA) is 53.3 Å². The summed E-state index contributed by atoms with van der Waals surface area (Å²) < 4.78 is 13.3. The van der Waals surface area contributed by atoms with Crippen LogP contribution in [0.1, 0.15) is 37.1 Å². The summed E-state index contributed by atoms with van der Waals surface area (Å²) in [5.74, 6) is 4.69. The molecule has 6 aromatic rings. The van der Waals surface area contributed by atoms with Gasteiger partial charge in [0.15, 0.2) is 11.6 Å². The first-order chi connectivity index (χ1) is 19.8. The van der Waals surface area contributed by atoms with E-state index in [-0.39, 0.29) is 40.8 Å². The van der Waals surface area contributed by atoms with E-state index in [2.05, 4.69) is 130 Å². The summed E-state index contributed by atoms with van der Waals surface area (Å²) in [4.78, 5) is 9.52. The molecule has 0 saturated carbocycles. The Hall–Kier alpha value is -2.38. The average molecular weight is 759 g/mol. The molecule has 8 nitrogen and oxygen atoms in total. The first-order valence-electron chi connectivity index (χ1n) is 13.6. The molecule has 4 heterocycles. The second-order valence-corrected chi connectivity index (χ2v) is 12.1. The van der Waals surface area contributed by atoms with E-state index < -0.39 is 0 Å². The van der Waals surface area contributed by atoms with Gasteiger partial charge in [0, 0.05) is 26.9 Å². The molecule has 0 atom stereocenters. The summed E-state index contributed by atoms with van der Waals surface area (Å²) in [5.41, 5.74) is 4.59. The van der Waals surface area contributed by atoms with Crippen LogP contribution >= 0.6 is 19.1 Å². The zero-order chi connectivity index (χ0) is 29.5. The fraction of sp³-hybridized carbons (Fsp3) is 0.333. The van der Waals surface area contributed by atoms with Crippen molar-refractivity contribution in [2.24, 2.45) is 14.1 Å². The van der Waals surface area contributed by atoms with E-state index in [9.17, 15) is 0 Å². The Morgan fingerprint density at radius 3 is 1.33 bits per heavy atom. The van der Waals surface area contributed by atoms with Crippen molar-refractivity contribution in [2.75, 3.05) is 0 Å². The summed E-state index contributed by atoms with van der Waals surface area (Å²) in [5, 5.41) is 0. The van der Waals surface area contributed by atoms with E-state index in [1.807, 2.05) is 12.1 Å². The quantitative estimate of drug-likeness (QED) is 0.170. The molecular formula is C30H38Cl4N8Pd. The number of halogens is 4. The Morgan fingerprint density at radius 1 is 0.674 bits per heavy atom. The summed E-state index contributed by atoms with van der Waals surface area (Å²) in [7, 11) is 13.8. The Labute approximate surface area is 282 Å². The standard InChI is InChI=1S/2C15H19N4.4ClH.Pd/c2*1-4-19-14-8-6-5-7-13(14)16-15(19)11-18-10-9-17(3)12(18)2;;;;;/h2*5-10H,4,11H2,1-3H3;4*1H;/q2*+1;;;;;+2/p-4. The Balaban J connectivity index is 0.000000264. The summed E-state index contributed by atoms with van der Waals surface area (Å²) in [6.45, 7) is 12.1. The molecule has 0 bridgehead atoms. The van der Waals surface area contributed by atoms with Crippen molar-refractivity contribution in [3.05, 3.63) is 96.6 Å². The normalized spacial score (nSPS) is 10.5. The zero-order valence-corrected chi connectivity index (χ0v) is 29.7. The third-order valence-electron chi connectivity index (χ3n) is 7.52. The Kier molecular flexibility index (Phi) is 14.7. The molecule has 0 aliphatic carbocycles. The van der Waals surface area contributed by atoms with Crippen molar-refractivity contribution >= 4 is 41.1 Å². The summed E-state index contributed by atoms with van der Waals surface area (Å²) in [6.07, 6.45) is 8.37. The van der Waals surface area contributed by atoms with Crippen LogP contribution in [0.4, 0.5) is 0 Å². The molecule has 0 aliphatic rings. The van der Waals surface area contributed by atoms with Crippen molar-refractivity contribution in [1.29, 1.82) is 0 Å². The minimum atomic E-state index is -0.106. The molecule has 236 valence electrons. The molecule has 0 radical (unpaired) electrons. The molecule has 13 heteroatoms.